The number of carbonyl (C=O) groups excluding carboxylic acids is 3. The largest absolute Gasteiger partial charge is 0.382 e. The van der Waals surface area contributed by atoms with E-state index in [2.05, 4.69) is 0 Å². The average molecular weight is 540 g/mol. The van der Waals surface area contributed by atoms with Crippen LogP contribution in [0.5, 0.6) is 0 Å². The standard InChI is InChI=1S/C23H42NO9PS/c1-23(2,3)33-34(35,31-19-18-29-17-16-28-4)30-15-11-9-7-5-6-8-10-12-22(27)32-24-20(25)13-14-21(24)26/h5-19H2,1-4H3. The SMILES string of the molecule is COCCOCCOP(=S)(OCCCCCCCCCC(=O)ON1C(=O)CCC1=O)OC(C)(C)C. The van der Waals surface area contributed by atoms with Crippen LogP contribution in [0.2, 0.25) is 0 Å². The van der Waals surface area contributed by atoms with Crippen LogP contribution in [0.3, 0.4) is 0 Å². The molecule has 0 N–H and O–H groups in total. The normalized spacial score (nSPS) is 16.1. The summed E-state index contributed by atoms with van der Waals surface area (Å²) in [5.41, 5.74) is -0.474. The monoisotopic (exact) mass is 539 g/mol. The molecule has 0 radical (unpaired) electrons. The minimum atomic E-state index is -2.86. The summed E-state index contributed by atoms with van der Waals surface area (Å²) in [7, 11) is 1.62. The summed E-state index contributed by atoms with van der Waals surface area (Å²) in [5.74, 6) is -1.44. The van der Waals surface area contributed by atoms with Crippen molar-refractivity contribution >= 4 is 36.3 Å². The van der Waals surface area contributed by atoms with Crippen molar-refractivity contribution in [1.82, 2.24) is 5.06 Å². The van der Waals surface area contributed by atoms with Gasteiger partial charge in [0, 0.05) is 26.4 Å². The van der Waals surface area contributed by atoms with Crippen molar-refractivity contribution in [3.63, 3.8) is 0 Å². The number of hydroxylamine groups is 2. The minimum Gasteiger partial charge on any atom is -0.382 e. The molecule has 35 heavy (non-hydrogen) atoms. The van der Waals surface area contributed by atoms with Crippen LogP contribution in [0.15, 0.2) is 0 Å². The molecule has 1 atom stereocenters. The van der Waals surface area contributed by atoms with E-state index in [9.17, 15) is 14.4 Å². The quantitative estimate of drug-likeness (QED) is 0.125. The van der Waals surface area contributed by atoms with Gasteiger partial charge in [0.1, 0.15) is 0 Å². The lowest BCUT2D eigenvalue weighted by atomic mass is 10.1. The highest BCUT2D eigenvalue weighted by Gasteiger charge is 2.32. The van der Waals surface area contributed by atoms with Crippen LogP contribution in [-0.4, -0.2) is 68.6 Å². The zero-order valence-electron chi connectivity index (χ0n) is 21.6. The van der Waals surface area contributed by atoms with Gasteiger partial charge in [-0.2, -0.15) is 0 Å². The lowest BCUT2D eigenvalue weighted by Crippen LogP contribution is -2.31. The summed E-state index contributed by atoms with van der Waals surface area (Å²) in [6, 6.07) is 0. The smallest absolute Gasteiger partial charge is 0.333 e. The highest BCUT2D eigenvalue weighted by molar-refractivity contribution is 8.07. The Morgan fingerprint density at radius 1 is 0.857 bits per heavy atom. The fraction of sp³-hybridized carbons (Fsp3) is 0.870. The van der Waals surface area contributed by atoms with Gasteiger partial charge in [0.05, 0.1) is 38.6 Å². The molecule has 1 rings (SSSR count). The van der Waals surface area contributed by atoms with Crippen LogP contribution in [-0.2, 0) is 54.1 Å². The Kier molecular flexibility index (Phi) is 16.0. The maximum atomic E-state index is 11.8. The maximum Gasteiger partial charge on any atom is 0.333 e. The zero-order valence-corrected chi connectivity index (χ0v) is 23.3. The van der Waals surface area contributed by atoms with Crippen molar-refractivity contribution in [2.24, 2.45) is 0 Å². The van der Waals surface area contributed by atoms with Crippen molar-refractivity contribution in [3.05, 3.63) is 0 Å². The highest BCUT2D eigenvalue weighted by atomic mass is 32.5. The van der Waals surface area contributed by atoms with Crippen LogP contribution < -0.4 is 0 Å². The van der Waals surface area contributed by atoms with E-state index in [1.165, 1.54) is 0 Å². The lowest BCUT2D eigenvalue weighted by molar-refractivity contribution is -0.197. The van der Waals surface area contributed by atoms with Gasteiger partial charge in [0.15, 0.2) is 0 Å². The average Bonchev–Trinajstić information content (AvgIpc) is 3.08. The van der Waals surface area contributed by atoms with E-state index in [0.717, 1.165) is 38.5 Å². The van der Waals surface area contributed by atoms with Gasteiger partial charge >= 0.3 is 12.7 Å². The molecule has 10 nitrogen and oxygen atoms in total. The van der Waals surface area contributed by atoms with E-state index in [0.29, 0.717) is 44.5 Å². The van der Waals surface area contributed by atoms with E-state index in [1.807, 2.05) is 20.8 Å². The zero-order chi connectivity index (χ0) is 26.2. The number of ether oxygens (including phenoxy) is 2. The van der Waals surface area contributed by atoms with Gasteiger partial charge in [0.25, 0.3) is 11.8 Å². The fourth-order valence-electron chi connectivity index (χ4n) is 3.11. The summed E-state index contributed by atoms with van der Waals surface area (Å²) in [4.78, 5) is 39.5. The van der Waals surface area contributed by atoms with Crippen molar-refractivity contribution < 1.29 is 42.3 Å². The highest BCUT2D eigenvalue weighted by Crippen LogP contribution is 2.53. The van der Waals surface area contributed by atoms with Crippen molar-refractivity contribution in [3.8, 4) is 0 Å². The third kappa shape index (κ3) is 15.7. The number of hydrogen-bond donors (Lipinski definition) is 0. The molecule has 0 bridgehead atoms. The Balaban J connectivity index is 2.11. The number of nitrogens with zero attached hydrogens (tertiary/aromatic N) is 1. The fourth-order valence-corrected chi connectivity index (χ4v) is 5.73. The molecule has 1 aliphatic rings. The van der Waals surface area contributed by atoms with E-state index in [4.69, 9.17) is 39.7 Å². The number of rotatable bonds is 20. The molecule has 1 aliphatic heterocycles. The number of unbranched alkanes of at least 4 members (excludes halogenated alkanes) is 6. The Morgan fingerprint density at radius 3 is 2.00 bits per heavy atom. The molecule has 0 saturated carbocycles. The van der Waals surface area contributed by atoms with E-state index in [-0.39, 0.29) is 19.3 Å². The first-order chi connectivity index (χ1) is 16.6. The van der Waals surface area contributed by atoms with Crippen molar-refractivity contribution in [1.29, 1.82) is 0 Å². The van der Waals surface area contributed by atoms with Gasteiger partial charge in [0.2, 0.25) is 0 Å². The number of imide groups is 1. The van der Waals surface area contributed by atoms with Crippen molar-refractivity contribution in [2.45, 2.75) is 90.6 Å². The molecule has 0 aliphatic carbocycles. The number of carbonyl (C=O) groups is 3. The maximum absolute atomic E-state index is 11.8. The van der Waals surface area contributed by atoms with Crippen LogP contribution in [0, 0.1) is 0 Å². The summed E-state index contributed by atoms with van der Waals surface area (Å²) >= 11 is 5.56. The molecule has 0 spiro atoms. The van der Waals surface area contributed by atoms with Gasteiger partial charge in [-0.15, -0.1) is 5.06 Å². The molecule has 0 aromatic carbocycles. The molecule has 12 heteroatoms. The summed E-state index contributed by atoms with van der Waals surface area (Å²) in [6.07, 6.45) is 6.87. The molecule has 1 unspecified atom stereocenters. The summed E-state index contributed by atoms with van der Waals surface area (Å²) < 4.78 is 27.9. The summed E-state index contributed by atoms with van der Waals surface area (Å²) in [6.45, 7) is 5.08. The minimum absolute atomic E-state index is 0.104. The second kappa shape index (κ2) is 17.5. The van der Waals surface area contributed by atoms with E-state index < -0.39 is 30.1 Å². The molecule has 1 heterocycles. The molecule has 1 fully saturated rings. The first-order valence-corrected chi connectivity index (χ1v) is 14.8. The first kappa shape index (κ1) is 32.1. The third-order valence-electron chi connectivity index (χ3n) is 4.77. The molecule has 2 amide bonds. The van der Waals surface area contributed by atoms with Gasteiger partial charge in [-0.25, -0.2) is 4.79 Å². The predicted octanol–water partition coefficient (Wildman–Crippen LogP) is 4.45. The van der Waals surface area contributed by atoms with Crippen LogP contribution in [0.1, 0.15) is 85.0 Å². The molecular formula is C23H42NO9PS. The van der Waals surface area contributed by atoms with Gasteiger partial charge in [-0.1, -0.05) is 32.1 Å². The van der Waals surface area contributed by atoms with E-state index >= 15 is 0 Å². The first-order valence-electron chi connectivity index (χ1n) is 12.3. The van der Waals surface area contributed by atoms with Gasteiger partial charge < -0.3 is 27.9 Å². The number of methoxy groups -OCH3 is 1. The predicted molar refractivity (Wildman–Crippen MR) is 134 cm³/mol. The molecular weight excluding hydrogens is 497 g/mol. The Morgan fingerprint density at radius 2 is 1.40 bits per heavy atom. The Bertz CT molecular complexity index is 683. The topological polar surface area (TPSA) is 110 Å². The molecule has 0 aromatic heterocycles. The third-order valence-corrected chi connectivity index (χ3v) is 7.39. The molecule has 0 aromatic rings. The van der Waals surface area contributed by atoms with Crippen LogP contribution in [0.4, 0.5) is 0 Å². The van der Waals surface area contributed by atoms with Crippen molar-refractivity contribution in [2.75, 3.05) is 40.1 Å². The Hall–Kier alpha value is -0.940. The van der Waals surface area contributed by atoms with Crippen LogP contribution in [0.25, 0.3) is 0 Å². The molecule has 1 saturated heterocycles. The Labute approximate surface area is 214 Å². The van der Waals surface area contributed by atoms with Gasteiger partial charge in [-0.05, 0) is 45.4 Å². The second-order valence-electron chi connectivity index (χ2n) is 9.19. The van der Waals surface area contributed by atoms with Crippen LogP contribution >= 0.6 is 6.72 Å². The van der Waals surface area contributed by atoms with Gasteiger partial charge in [-0.3, -0.25) is 9.59 Å². The van der Waals surface area contributed by atoms with E-state index in [1.54, 1.807) is 7.11 Å². The number of amides is 2. The number of hydrogen-bond acceptors (Lipinski definition) is 10. The lowest BCUT2D eigenvalue weighted by Gasteiger charge is -2.29. The second-order valence-corrected chi connectivity index (χ2v) is 12.1. The summed E-state index contributed by atoms with van der Waals surface area (Å²) in [5, 5.41) is 0.596. The molecule has 204 valence electrons.